The SMILES string of the molecule is N#CC(=Cc1cccc(F)c1)c1nnc(NC(=O)c2ccccc2)s1. The molecule has 122 valence electrons. The molecule has 5 nitrogen and oxygen atoms in total. The number of amides is 1. The number of hydrogen-bond acceptors (Lipinski definition) is 5. The number of allylic oxidation sites excluding steroid dienone is 1. The van der Waals surface area contributed by atoms with Gasteiger partial charge in [-0.15, -0.1) is 10.2 Å². The summed E-state index contributed by atoms with van der Waals surface area (Å²) in [5.74, 6) is -0.699. The maximum atomic E-state index is 13.2. The highest BCUT2D eigenvalue weighted by atomic mass is 32.1. The van der Waals surface area contributed by atoms with Crippen molar-refractivity contribution >= 4 is 34.0 Å². The lowest BCUT2D eigenvalue weighted by molar-refractivity contribution is 0.102. The van der Waals surface area contributed by atoms with Gasteiger partial charge in [0.2, 0.25) is 5.13 Å². The molecule has 2 aromatic carbocycles. The second-order valence-electron chi connectivity index (χ2n) is 4.96. The van der Waals surface area contributed by atoms with Gasteiger partial charge in [0.05, 0.1) is 5.57 Å². The van der Waals surface area contributed by atoms with Crippen LogP contribution in [-0.2, 0) is 0 Å². The minimum absolute atomic E-state index is 0.239. The van der Waals surface area contributed by atoms with Crippen LogP contribution in [0.1, 0.15) is 20.9 Å². The molecule has 3 aromatic rings. The van der Waals surface area contributed by atoms with Gasteiger partial charge in [0.1, 0.15) is 11.9 Å². The first-order valence-corrected chi connectivity index (χ1v) is 8.05. The highest BCUT2D eigenvalue weighted by Gasteiger charge is 2.12. The molecule has 0 bridgehead atoms. The molecule has 1 heterocycles. The third-order valence-corrected chi connectivity index (χ3v) is 4.06. The van der Waals surface area contributed by atoms with E-state index in [0.717, 1.165) is 11.3 Å². The van der Waals surface area contributed by atoms with Gasteiger partial charge in [0, 0.05) is 5.56 Å². The normalized spacial score (nSPS) is 11.0. The predicted molar refractivity (Wildman–Crippen MR) is 94.2 cm³/mol. The van der Waals surface area contributed by atoms with E-state index in [4.69, 9.17) is 0 Å². The highest BCUT2D eigenvalue weighted by molar-refractivity contribution is 7.16. The number of nitrogens with one attached hydrogen (secondary N) is 1. The Kier molecular flexibility index (Phi) is 4.92. The van der Waals surface area contributed by atoms with Crippen molar-refractivity contribution in [1.82, 2.24) is 10.2 Å². The van der Waals surface area contributed by atoms with E-state index in [1.807, 2.05) is 12.1 Å². The number of aromatic nitrogens is 2. The molecule has 1 amide bonds. The fourth-order valence-corrected chi connectivity index (χ4v) is 2.75. The van der Waals surface area contributed by atoms with Gasteiger partial charge in [-0.1, -0.05) is 41.7 Å². The quantitative estimate of drug-likeness (QED) is 0.722. The van der Waals surface area contributed by atoms with Crippen molar-refractivity contribution in [3.8, 4) is 6.07 Å². The van der Waals surface area contributed by atoms with E-state index in [0.29, 0.717) is 16.1 Å². The highest BCUT2D eigenvalue weighted by Crippen LogP contribution is 2.24. The summed E-state index contributed by atoms with van der Waals surface area (Å²) >= 11 is 1.07. The van der Waals surface area contributed by atoms with E-state index >= 15 is 0 Å². The average Bonchev–Trinajstić information content (AvgIpc) is 3.08. The smallest absolute Gasteiger partial charge is 0.257 e. The van der Waals surface area contributed by atoms with E-state index in [-0.39, 0.29) is 22.4 Å². The van der Waals surface area contributed by atoms with Crippen molar-refractivity contribution in [3.05, 3.63) is 76.5 Å². The molecule has 0 aliphatic rings. The predicted octanol–water partition coefficient (Wildman–Crippen LogP) is 3.99. The zero-order valence-electron chi connectivity index (χ0n) is 12.8. The Hall–Kier alpha value is -3.37. The maximum Gasteiger partial charge on any atom is 0.257 e. The molecule has 0 spiro atoms. The summed E-state index contributed by atoms with van der Waals surface area (Å²) in [6.45, 7) is 0. The molecule has 3 rings (SSSR count). The van der Waals surface area contributed by atoms with Crippen LogP contribution in [0.4, 0.5) is 9.52 Å². The second-order valence-corrected chi connectivity index (χ2v) is 5.93. The van der Waals surface area contributed by atoms with E-state index in [2.05, 4.69) is 15.5 Å². The summed E-state index contributed by atoms with van der Waals surface area (Å²) < 4.78 is 13.2. The third kappa shape index (κ3) is 4.13. The van der Waals surface area contributed by atoms with Gasteiger partial charge in [-0.2, -0.15) is 5.26 Å². The Morgan fingerprint density at radius 3 is 2.68 bits per heavy atom. The molecule has 0 fully saturated rings. The van der Waals surface area contributed by atoms with Crippen LogP contribution in [0, 0.1) is 17.1 Å². The number of nitriles is 1. The maximum absolute atomic E-state index is 13.2. The summed E-state index contributed by atoms with van der Waals surface area (Å²) in [6, 6.07) is 16.6. The van der Waals surface area contributed by atoms with Crippen molar-refractivity contribution in [3.63, 3.8) is 0 Å². The van der Waals surface area contributed by atoms with Crippen molar-refractivity contribution in [1.29, 1.82) is 5.26 Å². The van der Waals surface area contributed by atoms with Crippen LogP contribution in [0.5, 0.6) is 0 Å². The van der Waals surface area contributed by atoms with Crippen molar-refractivity contribution in [2.24, 2.45) is 0 Å². The van der Waals surface area contributed by atoms with E-state index in [1.54, 1.807) is 36.4 Å². The molecule has 0 saturated carbocycles. The number of hydrogen-bond donors (Lipinski definition) is 1. The number of rotatable bonds is 4. The first-order chi connectivity index (χ1) is 12.2. The van der Waals surface area contributed by atoms with Crippen LogP contribution >= 0.6 is 11.3 Å². The number of halogens is 1. The molecule has 0 unspecified atom stereocenters. The Labute approximate surface area is 147 Å². The monoisotopic (exact) mass is 350 g/mol. The largest absolute Gasteiger partial charge is 0.296 e. The molecule has 0 radical (unpaired) electrons. The van der Waals surface area contributed by atoms with Crippen molar-refractivity contribution in [2.75, 3.05) is 5.32 Å². The lowest BCUT2D eigenvalue weighted by Gasteiger charge is -1.99. The van der Waals surface area contributed by atoms with Gasteiger partial charge in [-0.05, 0) is 35.9 Å². The van der Waals surface area contributed by atoms with Crippen LogP contribution in [-0.4, -0.2) is 16.1 Å². The number of nitrogens with zero attached hydrogens (tertiary/aromatic N) is 3. The average molecular weight is 350 g/mol. The van der Waals surface area contributed by atoms with Crippen LogP contribution in [0.2, 0.25) is 0 Å². The zero-order chi connectivity index (χ0) is 17.6. The molecule has 1 N–H and O–H groups in total. The van der Waals surface area contributed by atoms with E-state index in [9.17, 15) is 14.4 Å². The molecule has 0 aliphatic carbocycles. The minimum atomic E-state index is -0.390. The Morgan fingerprint density at radius 1 is 1.16 bits per heavy atom. The van der Waals surface area contributed by atoms with Crippen LogP contribution < -0.4 is 5.32 Å². The fraction of sp³-hybridized carbons (Fsp3) is 0. The van der Waals surface area contributed by atoms with Gasteiger partial charge < -0.3 is 0 Å². The summed E-state index contributed by atoms with van der Waals surface area (Å²) in [4.78, 5) is 12.1. The molecule has 7 heteroatoms. The zero-order valence-corrected chi connectivity index (χ0v) is 13.6. The van der Waals surface area contributed by atoms with Gasteiger partial charge in [-0.25, -0.2) is 4.39 Å². The lowest BCUT2D eigenvalue weighted by atomic mass is 10.1. The van der Waals surface area contributed by atoms with Crippen molar-refractivity contribution < 1.29 is 9.18 Å². The Bertz CT molecular complexity index is 976. The van der Waals surface area contributed by atoms with Gasteiger partial charge >= 0.3 is 0 Å². The van der Waals surface area contributed by atoms with Gasteiger partial charge in [0.15, 0.2) is 5.01 Å². The summed E-state index contributed by atoms with van der Waals surface area (Å²) in [5, 5.41) is 20.4. The topological polar surface area (TPSA) is 78.7 Å². The first-order valence-electron chi connectivity index (χ1n) is 7.23. The second kappa shape index (κ2) is 7.47. The lowest BCUT2D eigenvalue weighted by Crippen LogP contribution is -2.11. The minimum Gasteiger partial charge on any atom is -0.296 e. The fourth-order valence-electron chi connectivity index (χ4n) is 2.05. The van der Waals surface area contributed by atoms with E-state index < -0.39 is 0 Å². The molecule has 0 aliphatic heterocycles. The molecular formula is C18H11FN4OS. The van der Waals surface area contributed by atoms with E-state index in [1.165, 1.54) is 18.2 Å². The molecule has 1 aromatic heterocycles. The number of anilines is 1. The Morgan fingerprint density at radius 2 is 1.96 bits per heavy atom. The summed E-state index contributed by atoms with van der Waals surface area (Å²) in [5.41, 5.74) is 1.28. The number of carbonyl (C=O) groups is 1. The van der Waals surface area contributed by atoms with Gasteiger partial charge in [-0.3, -0.25) is 10.1 Å². The third-order valence-electron chi connectivity index (χ3n) is 3.19. The number of carbonyl (C=O) groups excluding carboxylic acids is 1. The first kappa shape index (κ1) is 16.5. The number of benzene rings is 2. The van der Waals surface area contributed by atoms with Crippen LogP contribution in [0.3, 0.4) is 0 Å². The molecule has 0 saturated heterocycles. The summed E-state index contributed by atoms with van der Waals surface area (Å²) in [7, 11) is 0. The van der Waals surface area contributed by atoms with Crippen LogP contribution in [0.25, 0.3) is 11.6 Å². The molecule has 25 heavy (non-hydrogen) atoms. The van der Waals surface area contributed by atoms with Gasteiger partial charge in [0.25, 0.3) is 5.91 Å². The molecule has 0 atom stereocenters. The Balaban J connectivity index is 1.80. The van der Waals surface area contributed by atoms with Crippen LogP contribution in [0.15, 0.2) is 54.6 Å². The summed E-state index contributed by atoms with van der Waals surface area (Å²) in [6.07, 6.45) is 1.52. The van der Waals surface area contributed by atoms with Crippen molar-refractivity contribution in [2.45, 2.75) is 0 Å². The molecular weight excluding hydrogens is 339 g/mol. The standard InChI is InChI=1S/C18H11FN4OS/c19-15-8-4-5-12(10-15)9-14(11-20)17-22-23-18(25-17)21-16(24)13-6-2-1-3-7-13/h1-10H,(H,21,23,24).